The molecule has 3 N–H and O–H groups in total. The zero-order chi connectivity index (χ0) is 14.1. The number of halogens is 1. The molecule has 1 unspecified atom stereocenters. The summed E-state index contributed by atoms with van der Waals surface area (Å²) in [5, 5.41) is 3.88. The topological polar surface area (TPSA) is 59.6 Å². The number of rotatable bonds is 7. The Balaban J connectivity index is 2.28. The van der Waals surface area contributed by atoms with Gasteiger partial charge in [0, 0.05) is 24.7 Å². The summed E-state index contributed by atoms with van der Waals surface area (Å²) in [7, 11) is 1.66. The van der Waals surface area contributed by atoms with Gasteiger partial charge in [0.25, 0.3) is 0 Å². The van der Waals surface area contributed by atoms with Gasteiger partial charge in [0.2, 0.25) is 0 Å². The van der Waals surface area contributed by atoms with Crippen molar-refractivity contribution in [1.29, 1.82) is 0 Å². The Bertz CT molecular complexity index is 409. The molecule has 0 radical (unpaired) electrons. The van der Waals surface area contributed by atoms with Crippen molar-refractivity contribution in [1.82, 2.24) is 5.32 Å². The summed E-state index contributed by atoms with van der Waals surface area (Å²) in [4.78, 5) is 4.28. The first kappa shape index (κ1) is 15.8. The first-order valence-electron chi connectivity index (χ1n) is 6.42. The van der Waals surface area contributed by atoms with Gasteiger partial charge in [-0.25, -0.2) is 0 Å². The van der Waals surface area contributed by atoms with Gasteiger partial charge < -0.3 is 15.8 Å². The predicted molar refractivity (Wildman–Crippen MR) is 80.7 cm³/mol. The van der Waals surface area contributed by atoms with Crippen LogP contribution in [0.2, 0.25) is 5.02 Å². The van der Waals surface area contributed by atoms with Gasteiger partial charge in [-0.1, -0.05) is 29.8 Å². The van der Waals surface area contributed by atoms with Crippen LogP contribution in [0.3, 0.4) is 0 Å². The van der Waals surface area contributed by atoms with Gasteiger partial charge in [-0.2, -0.15) is 0 Å². The monoisotopic (exact) mass is 283 g/mol. The minimum Gasteiger partial charge on any atom is -0.383 e. The van der Waals surface area contributed by atoms with Crippen molar-refractivity contribution in [2.45, 2.75) is 25.8 Å². The van der Waals surface area contributed by atoms with Crippen LogP contribution in [-0.2, 0) is 11.2 Å². The van der Waals surface area contributed by atoms with Crippen LogP contribution in [0.4, 0.5) is 0 Å². The number of guanidine groups is 1. The lowest BCUT2D eigenvalue weighted by atomic mass is 10.1. The van der Waals surface area contributed by atoms with E-state index < -0.39 is 0 Å². The maximum Gasteiger partial charge on any atom is 0.188 e. The molecule has 0 saturated carbocycles. The molecule has 0 aliphatic rings. The highest BCUT2D eigenvalue weighted by atomic mass is 35.5. The van der Waals surface area contributed by atoms with Crippen molar-refractivity contribution < 1.29 is 4.74 Å². The third-order valence-electron chi connectivity index (χ3n) is 2.66. The highest BCUT2D eigenvalue weighted by molar-refractivity contribution is 6.31. The minimum atomic E-state index is 0.164. The lowest BCUT2D eigenvalue weighted by molar-refractivity contribution is 0.179. The number of nitrogens with two attached hydrogens (primary N) is 1. The normalized spacial score (nSPS) is 13.3. The Morgan fingerprint density at radius 2 is 2.21 bits per heavy atom. The summed E-state index contributed by atoms with van der Waals surface area (Å²) < 4.78 is 5.01. The molecule has 0 aromatic heterocycles. The van der Waals surface area contributed by atoms with E-state index in [1.807, 2.05) is 31.2 Å². The second-order valence-electron chi connectivity index (χ2n) is 4.46. The van der Waals surface area contributed by atoms with E-state index >= 15 is 0 Å². The zero-order valence-electron chi connectivity index (χ0n) is 11.5. The number of ether oxygens (including phenoxy) is 1. The van der Waals surface area contributed by atoms with E-state index in [-0.39, 0.29) is 6.04 Å². The summed E-state index contributed by atoms with van der Waals surface area (Å²) in [6.07, 6.45) is 1.83. The number of methoxy groups -OCH3 is 1. The SMILES string of the molecule is COCC(C)NC(N)=NCCCc1ccccc1Cl. The Labute approximate surface area is 120 Å². The molecule has 0 fully saturated rings. The molecule has 1 atom stereocenters. The van der Waals surface area contributed by atoms with Crippen molar-refractivity contribution >= 4 is 17.6 Å². The van der Waals surface area contributed by atoms with Crippen LogP contribution in [-0.4, -0.2) is 32.3 Å². The molecule has 1 aromatic rings. The molecular weight excluding hydrogens is 262 g/mol. The highest BCUT2D eigenvalue weighted by Crippen LogP contribution is 2.16. The molecule has 5 heteroatoms. The highest BCUT2D eigenvalue weighted by Gasteiger charge is 2.01. The molecular formula is C14H22ClN3O. The average Bonchev–Trinajstić information content (AvgIpc) is 2.36. The van der Waals surface area contributed by atoms with Gasteiger partial charge in [-0.3, -0.25) is 4.99 Å². The fourth-order valence-electron chi connectivity index (χ4n) is 1.76. The maximum absolute atomic E-state index is 6.08. The van der Waals surface area contributed by atoms with Gasteiger partial charge in [-0.15, -0.1) is 0 Å². The molecule has 1 aromatic carbocycles. The molecule has 0 bridgehead atoms. The molecule has 0 heterocycles. The molecule has 0 aliphatic heterocycles. The summed E-state index contributed by atoms with van der Waals surface area (Å²) in [5.41, 5.74) is 6.92. The minimum absolute atomic E-state index is 0.164. The first-order valence-corrected chi connectivity index (χ1v) is 6.80. The number of hydrogen-bond acceptors (Lipinski definition) is 2. The van der Waals surface area contributed by atoms with E-state index in [1.165, 1.54) is 0 Å². The fraction of sp³-hybridized carbons (Fsp3) is 0.500. The van der Waals surface area contributed by atoms with Crippen molar-refractivity contribution in [2.75, 3.05) is 20.3 Å². The maximum atomic E-state index is 6.08. The molecule has 106 valence electrons. The fourth-order valence-corrected chi connectivity index (χ4v) is 1.99. The largest absolute Gasteiger partial charge is 0.383 e. The molecule has 0 aliphatic carbocycles. The second kappa shape index (κ2) is 8.77. The second-order valence-corrected chi connectivity index (χ2v) is 4.87. The average molecular weight is 284 g/mol. The van der Waals surface area contributed by atoms with Crippen LogP contribution in [0.25, 0.3) is 0 Å². The van der Waals surface area contributed by atoms with Crippen molar-refractivity contribution in [3.8, 4) is 0 Å². The molecule has 0 spiro atoms. The van der Waals surface area contributed by atoms with Crippen LogP contribution in [0.1, 0.15) is 18.9 Å². The Kier molecular flexibility index (Phi) is 7.30. The molecule has 0 saturated heterocycles. The van der Waals surface area contributed by atoms with Gasteiger partial charge in [0.15, 0.2) is 5.96 Å². The van der Waals surface area contributed by atoms with Crippen LogP contribution in [0.15, 0.2) is 29.3 Å². The van der Waals surface area contributed by atoms with Crippen molar-refractivity contribution in [3.63, 3.8) is 0 Å². The quantitative estimate of drug-likeness (QED) is 0.458. The van der Waals surface area contributed by atoms with Crippen molar-refractivity contribution in [2.24, 2.45) is 10.7 Å². The number of aryl methyl sites for hydroxylation is 1. The van der Waals surface area contributed by atoms with Crippen LogP contribution < -0.4 is 11.1 Å². The molecule has 0 amide bonds. The zero-order valence-corrected chi connectivity index (χ0v) is 12.3. The van der Waals surface area contributed by atoms with Gasteiger partial charge >= 0.3 is 0 Å². The summed E-state index contributed by atoms with van der Waals surface area (Å²) in [6.45, 7) is 3.29. The Hall–Kier alpha value is -1.26. The summed E-state index contributed by atoms with van der Waals surface area (Å²) >= 11 is 6.08. The summed E-state index contributed by atoms with van der Waals surface area (Å²) in [6, 6.07) is 8.03. The number of nitrogens with zero attached hydrogens (tertiary/aromatic N) is 1. The van der Waals surface area contributed by atoms with Crippen LogP contribution in [0, 0.1) is 0 Å². The first-order chi connectivity index (χ1) is 9.13. The number of aliphatic imine (C=N–C) groups is 1. The number of nitrogens with one attached hydrogen (secondary N) is 1. The molecule has 1 rings (SSSR count). The van der Waals surface area contributed by atoms with E-state index in [0.29, 0.717) is 19.1 Å². The molecule has 19 heavy (non-hydrogen) atoms. The number of benzene rings is 1. The lowest BCUT2D eigenvalue weighted by Gasteiger charge is -2.13. The van der Waals surface area contributed by atoms with E-state index in [0.717, 1.165) is 23.4 Å². The Morgan fingerprint density at radius 3 is 2.89 bits per heavy atom. The smallest absolute Gasteiger partial charge is 0.188 e. The number of hydrogen-bond donors (Lipinski definition) is 2. The van der Waals surface area contributed by atoms with Crippen LogP contribution in [0.5, 0.6) is 0 Å². The van der Waals surface area contributed by atoms with Gasteiger partial charge in [0.05, 0.1) is 6.61 Å². The van der Waals surface area contributed by atoms with Crippen molar-refractivity contribution in [3.05, 3.63) is 34.9 Å². The predicted octanol–water partition coefficient (Wildman–Crippen LogP) is 2.21. The van der Waals surface area contributed by atoms with Crippen LogP contribution >= 0.6 is 11.6 Å². The lowest BCUT2D eigenvalue weighted by Crippen LogP contribution is -2.40. The third kappa shape index (κ3) is 6.45. The summed E-state index contributed by atoms with van der Waals surface area (Å²) in [5.74, 6) is 0.462. The molecule has 4 nitrogen and oxygen atoms in total. The standard InChI is InChI=1S/C14H22ClN3O/c1-11(10-19-2)18-14(16)17-9-5-7-12-6-3-4-8-13(12)15/h3-4,6,8,11H,5,7,9-10H2,1-2H3,(H3,16,17,18). The van der Waals surface area contributed by atoms with E-state index in [1.54, 1.807) is 7.11 Å². The van der Waals surface area contributed by atoms with E-state index in [2.05, 4.69) is 10.3 Å². The van der Waals surface area contributed by atoms with Gasteiger partial charge in [0.1, 0.15) is 0 Å². The Morgan fingerprint density at radius 1 is 1.47 bits per heavy atom. The van der Waals surface area contributed by atoms with E-state index in [9.17, 15) is 0 Å². The van der Waals surface area contributed by atoms with Gasteiger partial charge in [-0.05, 0) is 31.4 Å². The van der Waals surface area contributed by atoms with E-state index in [4.69, 9.17) is 22.1 Å². The third-order valence-corrected chi connectivity index (χ3v) is 3.02.